The average Bonchev–Trinajstić information content (AvgIpc) is 2.49. The van der Waals surface area contributed by atoms with Crippen molar-refractivity contribution >= 4 is 35.1 Å². The quantitative estimate of drug-likeness (QED) is 0.806. The van der Waals surface area contributed by atoms with Gasteiger partial charge in [0.2, 0.25) is 0 Å². The van der Waals surface area contributed by atoms with Crippen molar-refractivity contribution in [2.45, 2.75) is 16.7 Å². The van der Waals surface area contributed by atoms with Crippen LogP contribution in [0.15, 0.2) is 58.3 Å². The number of hydrogen-bond donors (Lipinski definition) is 1. The molecule has 0 bridgehead atoms. The Morgan fingerprint density at radius 3 is 2.45 bits per heavy atom. The topological polar surface area (TPSA) is 29.1 Å². The number of amides is 1. The molecule has 0 aromatic heterocycles. The molecule has 0 spiro atoms. The zero-order valence-electron chi connectivity index (χ0n) is 11.6. The summed E-state index contributed by atoms with van der Waals surface area (Å²) in [4.78, 5) is 14.5. The molecule has 0 saturated carbocycles. The molecule has 2 rings (SSSR count). The summed E-state index contributed by atoms with van der Waals surface area (Å²) in [5.74, 6) is 0.984. The molecule has 0 aliphatic rings. The molecule has 0 heterocycles. The van der Waals surface area contributed by atoms with Crippen LogP contribution in [0, 0.1) is 0 Å². The van der Waals surface area contributed by atoms with E-state index in [-0.39, 0.29) is 5.91 Å². The molecule has 2 nitrogen and oxygen atoms in total. The largest absolute Gasteiger partial charge is 0.322 e. The molecule has 0 radical (unpaired) electrons. The summed E-state index contributed by atoms with van der Waals surface area (Å²) in [6.45, 7) is 2.12. The van der Waals surface area contributed by atoms with E-state index in [1.165, 1.54) is 4.90 Å². The molecule has 0 fully saturated rings. The van der Waals surface area contributed by atoms with E-state index in [0.29, 0.717) is 5.56 Å². The lowest BCUT2D eigenvalue weighted by Gasteiger charge is -2.09. The number of anilines is 1. The van der Waals surface area contributed by atoms with Gasteiger partial charge in [0.15, 0.2) is 0 Å². The first-order valence-electron chi connectivity index (χ1n) is 6.42. The first-order valence-corrected chi connectivity index (χ1v) is 8.63. The highest BCUT2D eigenvalue weighted by Crippen LogP contribution is 2.23. The zero-order valence-corrected chi connectivity index (χ0v) is 13.2. The van der Waals surface area contributed by atoms with Crippen molar-refractivity contribution in [3.8, 4) is 0 Å². The summed E-state index contributed by atoms with van der Waals surface area (Å²) in [6, 6.07) is 15.6. The third-order valence-corrected chi connectivity index (χ3v) is 4.46. The normalized spacial score (nSPS) is 10.3. The second kappa shape index (κ2) is 7.41. The fraction of sp³-hybridized carbons (Fsp3) is 0.188. The second-order valence-corrected chi connectivity index (χ2v) is 6.30. The molecule has 1 amide bonds. The van der Waals surface area contributed by atoms with Gasteiger partial charge >= 0.3 is 0 Å². The first-order chi connectivity index (χ1) is 9.74. The molecule has 0 saturated heterocycles. The number of nitrogens with one attached hydrogen (secondary N) is 1. The molecule has 0 unspecified atom stereocenters. The predicted molar refractivity (Wildman–Crippen MR) is 89.0 cm³/mol. The van der Waals surface area contributed by atoms with E-state index in [0.717, 1.165) is 16.3 Å². The van der Waals surface area contributed by atoms with E-state index in [2.05, 4.69) is 12.2 Å². The fourth-order valence-electron chi connectivity index (χ4n) is 1.83. The molecule has 0 aliphatic heterocycles. The number of carbonyl (C=O) groups is 1. The highest BCUT2D eigenvalue weighted by atomic mass is 32.2. The van der Waals surface area contributed by atoms with Crippen LogP contribution < -0.4 is 5.32 Å². The summed E-state index contributed by atoms with van der Waals surface area (Å²) in [5, 5.41) is 2.94. The molecule has 0 atom stereocenters. The first kappa shape index (κ1) is 15.0. The minimum absolute atomic E-state index is 0.0640. The smallest absolute Gasteiger partial charge is 0.256 e. The van der Waals surface area contributed by atoms with Crippen molar-refractivity contribution in [3.63, 3.8) is 0 Å². The Labute approximate surface area is 128 Å². The summed E-state index contributed by atoms with van der Waals surface area (Å²) in [5.41, 5.74) is 1.54. The van der Waals surface area contributed by atoms with Crippen molar-refractivity contribution in [1.29, 1.82) is 0 Å². The minimum atomic E-state index is -0.0640. The molecule has 20 heavy (non-hydrogen) atoms. The number of hydrogen-bond acceptors (Lipinski definition) is 3. The van der Waals surface area contributed by atoms with Crippen molar-refractivity contribution in [1.82, 2.24) is 0 Å². The predicted octanol–water partition coefficient (Wildman–Crippen LogP) is 4.77. The fourth-order valence-corrected chi connectivity index (χ4v) is 3.09. The van der Waals surface area contributed by atoms with Gasteiger partial charge in [-0.1, -0.05) is 19.1 Å². The second-order valence-electron chi connectivity index (χ2n) is 4.11. The molecular formula is C16H17NOS2. The average molecular weight is 303 g/mol. The van der Waals surface area contributed by atoms with Gasteiger partial charge in [0.25, 0.3) is 5.91 Å². The molecule has 1 N–H and O–H groups in total. The maximum atomic E-state index is 12.3. The van der Waals surface area contributed by atoms with Crippen LogP contribution in [-0.4, -0.2) is 17.9 Å². The van der Waals surface area contributed by atoms with Crippen LogP contribution in [0.3, 0.4) is 0 Å². The Hall–Kier alpha value is -1.39. The van der Waals surface area contributed by atoms with Gasteiger partial charge in [0, 0.05) is 15.5 Å². The van der Waals surface area contributed by atoms with Crippen LogP contribution in [0.2, 0.25) is 0 Å². The van der Waals surface area contributed by atoms with Crippen LogP contribution >= 0.6 is 23.5 Å². The van der Waals surface area contributed by atoms with Crippen molar-refractivity contribution in [2.24, 2.45) is 0 Å². The molecule has 2 aromatic rings. The number of rotatable bonds is 5. The van der Waals surface area contributed by atoms with E-state index in [1.807, 2.05) is 54.8 Å². The summed E-state index contributed by atoms with van der Waals surface area (Å²) < 4.78 is 0. The summed E-state index contributed by atoms with van der Waals surface area (Å²) >= 11 is 3.37. The van der Waals surface area contributed by atoms with Gasteiger partial charge in [0.05, 0.1) is 5.56 Å². The number of benzene rings is 2. The molecule has 4 heteroatoms. The Kier molecular flexibility index (Phi) is 5.56. The van der Waals surface area contributed by atoms with Gasteiger partial charge in [-0.3, -0.25) is 4.79 Å². The van der Waals surface area contributed by atoms with E-state index < -0.39 is 0 Å². The lowest BCUT2D eigenvalue weighted by molar-refractivity contribution is 0.102. The van der Waals surface area contributed by atoms with Crippen molar-refractivity contribution < 1.29 is 4.79 Å². The van der Waals surface area contributed by atoms with Gasteiger partial charge in [-0.25, -0.2) is 0 Å². The maximum absolute atomic E-state index is 12.3. The number of carbonyl (C=O) groups excluding carboxylic acids is 1. The van der Waals surface area contributed by atoms with Crippen molar-refractivity contribution in [3.05, 3.63) is 54.1 Å². The van der Waals surface area contributed by atoms with Crippen LogP contribution in [0.25, 0.3) is 0 Å². The summed E-state index contributed by atoms with van der Waals surface area (Å²) in [6.07, 6.45) is 1.98. The van der Waals surface area contributed by atoms with Crippen LogP contribution in [0.4, 0.5) is 5.69 Å². The minimum Gasteiger partial charge on any atom is -0.322 e. The monoisotopic (exact) mass is 303 g/mol. The number of thioether (sulfide) groups is 2. The highest BCUT2D eigenvalue weighted by molar-refractivity contribution is 7.99. The van der Waals surface area contributed by atoms with Gasteiger partial charge in [0.1, 0.15) is 0 Å². The third-order valence-electron chi connectivity index (χ3n) is 2.77. The molecule has 0 aliphatic carbocycles. The highest BCUT2D eigenvalue weighted by Gasteiger charge is 2.10. The zero-order chi connectivity index (χ0) is 14.4. The van der Waals surface area contributed by atoms with Crippen LogP contribution in [0.1, 0.15) is 17.3 Å². The van der Waals surface area contributed by atoms with E-state index in [1.54, 1.807) is 23.5 Å². The summed E-state index contributed by atoms with van der Waals surface area (Å²) in [7, 11) is 0. The Morgan fingerprint density at radius 2 is 1.80 bits per heavy atom. The van der Waals surface area contributed by atoms with Crippen LogP contribution in [0.5, 0.6) is 0 Å². The Balaban J connectivity index is 2.11. The van der Waals surface area contributed by atoms with Gasteiger partial charge in [-0.2, -0.15) is 0 Å². The lowest BCUT2D eigenvalue weighted by atomic mass is 10.2. The van der Waals surface area contributed by atoms with E-state index >= 15 is 0 Å². The molecule has 2 aromatic carbocycles. The standard InChI is InChI=1S/C16H17NOS2/c1-3-20-13-10-8-12(9-11-13)17-16(18)14-6-4-5-7-15(14)19-2/h4-11H,3H2,1-2H3,(H,17,18). The van der Waals surface area contributed by atoms with E-state index in [9.17, 15) is 4.79 Å². The third kappa shape index (κ3) is 3.81. The van der Waals surface area contributed by atoms with Gasteiger partial charge < -0.3 is 5.32 Å². The van der Waals surface area contributed by atoms with E-state index in [4.69, 9.17) is 0 Å². The Bertz CT molecular complexity index is 581. The SMILES string of the molecule is CCSc1ccc(NC(=O)c2ccccc2SC)cc1. The molecular weight excluding hydrogens is 286 g/mol. The van der Waals surface area contributed by atoms with Crippen molar-refractivity contribution in [2.75, 3.05) is 17.3 Å². The maximum Gasteiger partial charge on any atom is 0.256 e. The molecule has 104 valence electrons. The van der Waals surface area contributed by atoms with Gasteiger partial charge in [-0.05, 0) is 48.4 Å². The van der Waals surface area contributed by atoms with Crippen LogP contribution in [-0.2, 0) is 0 Å². The van der Waals surface area contributed by atoms with Gasteiger partial charge in [-0.15, -0.1) is 23.5 Å². The Morgan fingerprint density at radius 1 is 1.10 bits per heavy atom. The lowest BCUT2D eigenvalue weighted by Crippen LogP contribution is -2.12.